The molecule has 2 N–H and O–H groups in total. The topological polar surface area (TPSA) is 97.8 Å². The summed E-state index contributed by atoms with van der Waals surface area (Å²) < 4.78 is 36.4. The zero-order valence-corrected chi connectivity index (χ0v) is 23.3. The lowest BCUT2D eigenvalue weighted by Crippen LogP contribution is -2.55. The highest BCUT2D eigenvalue weighted by Crippen LogP contribution is 2.41. The van der Waals surface area contributed by atoms with Crippen molar-refractivity contribution in [3.05, 3.63) is 71.4 Å². The molecule has 204 valence electrons. The molecule has 1 aliphatic rings. The van der Waals surface area contributed by atoms with Gasteiger partial charge in [0.1, 0.15) is 12.4 Å². The highest BCUT2D eigenvalue weighted by Gasteiger charge is 2.49. The Morgan fingerprint density at radius 2 is 1.84 bits per heavy atom. The first-order valence-corrected chi connectivity index (χ1v) is 14.5. The number of ether oxygens (including phenoxy) is 2. The Morgan fingerprint density at radius 3 is 2.53 bits per heavy atom. The van der Waals surface area contributed by atoms with E-state index < -0.39 is 22.8 Å². The minimum absolute atomic E-state index is 0.172. The number of para-hydroxylation sites is 1. The van der Waals surface area contributed by atoms with E-state index in [0.29, 0.717) is 23.8 Å². The van der Waals surface area contributed by atoms with Gasteiger partial charge in [0, 0.05) is 5.39 Å². The van der Waals surface area contributed by atoms with Crippen LogP contribution in [0.1, 0.15) is 69.2 Å². The smallest absolute Gasteiger partial charge is 0.331 e. The van der Waals surface area contributed by atoms with Crippen molar-refractivity contribution in [3.63, 3.8) is 0 Å². The summed E-state index contributed by atoms with van der Waals surface area (Å²) in [7, 11) is 1.33. The summed E-state index contributed by atoms with van der Waals surface area (Å²) in [6.07, 6.45) is 6.35. The largest absolute Gasteiger partial charge is 0.487 e. The van der Waals surface area contributed by atoms with Crippen LogP contribution >= 0.6 is 0 Å². The second-order valence-corrected chi connectivity index (χ2v) is 11.2. The van der Waals surface area contributed by atoms with Gasteiger partial charge >= 0.3 is 5.97 Å². The molecule has 3 aromatic rings. The van der Waals surface area contributed by atoms with E-state index in [-0.39, 0.29) is 5.92 Å². The number of carbonyl (C=O) groups is 1. The zero-order chi connectivity index (χ0) is 27.1. The first-order chi connectivity index (χ1) is 18.3. The van der Waals surface area contributed by atoms with Gasteiger partial charge in [-0.05, 0) is 66.5 Å². The Labute approximate surface area is 227 Å². The van der Waals surface area contributed by atoms with Crippen LogP contribution in [0.2, 0.25) is 0 Å². The molecule has 38 heavy (non-hydrogen) atoms. The van der Waals surface area contributed by atoms with E-state index >= 15 is 0 Å². The number of methoxy groups -OCH3 is 1. The molecule has 0 bridgehead atoms. The van der Waals surface area contributed by atoms with Crippen molar-refractivity contribution in [2.75, 3.05) is 7.11 Å². The van der Waals surface area contributed by atoms with Crippen molar-refractivity contribution in [2.45, 2.75) is 70.9 Å². The van der Waals surface area contributed by atoms with Crippen LogP contribution in [0.25, 0.3) is 10.9 Å². The van der Waals surface area contributed by atoms with Crippen molar-refractivity contribution < 1.29 is 23.0 Å². The Hall–Kier alpha value is -2.81. The van der Waals surface area contributed by atoms with Crippen LogP contribution in [-0.4, -0.2) is 26.8 Å². The fourth-order valence-electron chi connectivity index (χ4n) is 5.62. The van der Waals surface area contributed by atoms with Crippen molar-refractivity contribution in [1.82, 2.24) is 9.71 Å². The number of benzene rings is 2. The molecule has 0 radical (unpaired) electrons. The molecule has 1 aliphatic carbocycles. The molecule has 1 aromatic heterocycles. The maximum atomic E-state index is 13.4. The molecule has 2 atom stereocenters. The molecule has 1 heterocycles. The van der Waals surface area contributed by atoms with Gasteiger partial charge in [-0.3, -0.25) is 4.55 Å². The number of hydrogen-bond donors (Lipinski definition) is 2. The number of nitrogens with one attached hydrogen (secondary N) is 1. The first-order valence-electron chi connectivity index (χ1n) is 13.4. The Morgan fingerprint density at radius 1 is 1.11 bits per heavy atom. The number of hydrogen-bond acceptors (Lipinski definition) is 5. The molecule has 1 fully saturated rings. The summed E-state index contributed by atoms with van der Waals surface area (Å²) in [5.74, 6) is 0.323. The number of pyridine rings is 1. The van der Waals surface area contributed by atoms with Crippen LogP contribution in [0.5, 0.6) is 5.75 Å². The summed E-state index contributed by atoms with van der Waals surface area (Å²) in [4.78, 5) is 18.2. The van der Waals surface area contributed by atoms with E-state index in [4.69, 9.17) is 14.5 Å². The van der Waals surface area contributed by atoms with E-state index in [1.54, 1.807) is 0 Å². The maximum absolute atomic E-state index is 13.4. The minimum Gasteiger partial charge on any atom is -0.487 e. The molecular formula is C30H38N2O5S. The Kier molecular flexibility index (Phi) is 9.52. The lowest BCUT2D eigenvalue weighted by atomic mass is 9.74. The molecule has 0 amide bonds. The molecule has 0 spiro atoms. The van der Waals surface area contributed by atoms with Crippen LogP contribution in [0.3, 0.4) is 0 Å². The molecule has 8 heteroatoms. The predicted octanol–water partition coefficient (Wildman–Crippen LogP) is 6.08. The van der Waals surface area contributed by atoms with Gasteiger partial charge < -0.3 is 9.47 Å². The third kappa shape index (κ3) is 6.42. The van der Waals surface area contributed by atoms with Gasteiger partial charge in [0.2, 0.25) is 11.3 Å². The fourth-order valence-corrected chi connectivity index (χ4v) is 6.26. The maximum Gasteiger partial charge on any atom is 0.331 e. The average molecular weight is 539 g/mol. The normalized spacial score (nSPS) is 17.1. The SMILES string of the molecule is COC(=O)C(NS(=O)O)(c1ccc(OCc2ccc3ccccc3n2)c(CC(C)C)c1)C1CCCCCC1. The molecule has 0 saturated heterocycles. The summed E-state index contributed by atoms with van der Waals surface area (Å²) in [6.45, 7) is 4.56. The highest BCUT2D eigenvalue weighted by molar-refractivity contribution is 7.77. The van der Waals surface area contributed by atoms with Crippen LogP contribution in [-0.2, 0) is 39.4 Å². The second-order valence-electron chi connectivity index (χ2n) is 10.5. The Bertz CT molecular complexity index is 1270. The van der Waals surface area contributed by atoms with Crippen LogP contribution in [0, 0.1) is 11.8 Å². The van der Waals surface area contributed by atoms with Crippen molar-refractivity contribution in [1.29, 1.82) is 0 Å². The standard InChI is InChI=1S/C30H38N2O5S/c1-21(2)18-23-19-25(30(29(33)36-3,32-38(34)35)24-11-6-4-5-7-12-24)15-17-28(23)37-20-26-16-14-22-10-8-9-13-27(22)31-26/h8-10,13-17,19,21,24,32H,4-7,11-12,18,20H2,1-3H3,(H,34,35). The van der Waals surface area contributed by atoms with Crippen LogP contribution in [0.15, 0.2) is 54.6 Å². The number of nitrogens with zero attached hydrogens (tertiary/aromatic N) is 1. The molecule has 7 nitrogen and oxygen atoms in total. The van der Waals surface area contributed by atoms with Crippen molar-refractivity contribution >= 4 is 28.1 Å². The fraction of sp³-hybridized carbons (Fsp3) is 0.467. The lowest BCUT2D eigenvalue weighted by molar-refractivity contribution is -0.151. The molecule has 1 saturated carbocycles. The molecular weight excluding hydrogens is 500 g/mol. The van der Waals surface area contributed by atoms with E-state index in [2.05, 4.69) is 18.6 Å². The highest BCUT2D eigenvalue weighted by atomic mass is 32.2. The minimum atomic E-state index is -2.42. The Balaban J connectivity index is 1.72. The van der Waals surface area contributed by atoms with Gasteiger partial charge in [0.05, 0.1) is 18.3 Å². The van der Waals surface area contributed by atoms with E-state index in [1.165, 1.54) is 7.11 Å². The quantitative estimate of drug-likeness (QED) is 0.185. The first kappa shape index (κ1) is 28.2. The summed E-state index contributed by atoms with van der Waals surface area (Å²) in [6, 6.07) is 17.6. The van der Waals surface area contributed by atoms with Crippen molar-refractivity contribution in [3.8, 4) is 5.75 Å². The summed E-state index contributed by atoms with van der Waals surface area (Å²) >= 11 is -2.42. The zero-order valence-electron chi connectivity index (χ0n) is 22.4. The monoisotopic (exact) mass is 538 g/mol. The molecule has 4 rings (SSSR count). The van der Waals surface area contributed by atoms with Crippen LogP contribution in [0.4, 0.5) is 0 Å². The van der Waals surface area contributed by atoms with Crippen LogP contribution < -0.4 is 9.46 Å². The van der Waals surface area contributed by atoms with E-state index in [0.717, 1.165) is 67.1 Å². The third-order valence-electron chi connectivity index (χ3n) is 7.40. The summed E-state index contributed by atoms with van der Waals surface area (Å²) in [5.41, 5.74) is 1.88. The van der Waals surface area contributed by atoms with Gasteiger partial charge in [-0.25, -0.2) is 14.0 Å². The number of aromatic nitrogens is 1. The summed E-state index contributed by atoms with van der Waals surface area (Å²) in [5, 5.41) is 1.08. The van der Waals surface area contributed by atoms with Gasteiger partial charge in [-0.15, -0.1) is 0 Å². The van der Waals surface area contributed by atoms with Crippen molar-refractivity contribution in [2.24, 2.45) is 11.8 Å². The number of rotatable bonds is 10. The lowest BCUT2D eigenvalue weighted by Gasteiger charge is -2.38. The van der Waals surface area contributed by atoms with Gasteiger partial charge in [0.15, 0.2) is 5.54 Å². The average Bonchev–Trinajstić information content (AvgIpc) is 3.20. The molecule has 2 unspecified atom stereocenters. The predicted molar refractivity (Wildman–Crippen MR) is 150 cm³/mol. The van der Waals surface area contributed by atoms with E-state index in [9.17, 15) is 13.6 Å². The second kappa shape index (κ2) is 12.8. The third-order valence-corrected chi connectivity index (χ3v) is 7.90. The number of carbonyl (C=O) groups excluding carboxylic acids is 1. The molecule has 2 aromatic carbocycles. The van der Waals surface area contributed by atoms with E-state index in [1.807, 2.05) is 54.6 Å². The van der Waals surface area contributed by atoms with Gasteiger partial charge in [-0.2, -0.15) is 4.72 Å². The molecule has 0 aliphatic heterocycles. The van der Waals surface area contributed by atoms with Gasteiger partial charge in [0.25, 0.3) is 0 Å². The number of fused-ring (bicyclic) bond motifs is 1. The number of esters is 1. The van der Waals surface area contributed by atoms with Gasteiger partial charge in [-0.1, -0.05) is 69.9 Å².